The number of ether oxygens (including phenoxy) is 4. The molecule has 2 atom stereocenters. The highest BCUT2D eigenvalue weighted by molar-refractivity contribution is 5.70. The van der Waals surface area contributed by atoms with Crippen LogP contribution in [0.2, 0.25) is 0 Å². The van der Waals surface area contributed by atoms with Crippen LogP contribution in [0.4, 0.5) is 0 Å². The van der Waals surface area contributed by atoms with Gasteiger partial charge in [0, 0.05) is 12.8 Å². The van der Waals surface area contributed by atoms with Crippen LogP contribution in [-0.2, 0) is 33.3 Å². The first kappa shape index (κ1) is 84.7. The summed E-state index contributed by atoms with van der Waals surface area (Å²) in [4.78, 5) is 37.5. The Morgan fingerprint density at radius 2 is 0.648 bits per heavy atom. The van der Waals surface area contributed by atoms with E-state index in [4.69, 9.17) is 18.9 Å². The Morgan fingerprint density at radius 3 is 0.966 bits per heavy atom. The van der Waals surface area contributed by atoms with Crippen molar-refractivity contribution in [1.82, 2.24) is 0 Å². The molecule has 88 heavy (non-hydrogen) atoms. The summed E-state index contributed by atoms with van der Waals surface area (Å²) in [7, 11) is 5.93. The van der Waals surface area contributed by atoms with E-state index in [1.54, 1.807) is 0 Å². The van der Waals surface area contributed by atoms with Gasteiger partial charge in [-0.1, -0.05) is 350 Å². The molecule has 0 aliphatic heterocycles. The monoisotopic (exact) mass is 1230 g/mol. The molecule has 0 radical (unpaired) electrons. The Labute approximate surface area is 545 Å². The van der Waals surface area contributed by atoms with Crippen LogP contribution in [0.25, 0.3) is 0 Å². The molecule has 0 N–H and O–H groups in total. The minimum absolute atomic E-state index is 0.145. The number of carboxylic acids is 1. The first-order valence-corrected chi connectivity index (χ1v) is 37.6. The number of aliphatic carboxylic acids is 1. The Bertz CT molecular complexity index is 1680. The number of allylic oxidation sites excluding steroid dienone is 12. The van der Waals surface area contributed by atoms with Crippen LogP contribution in [0, 0.1) is 0 Å². The van der Waals surface area contributed by atoms with Gasteiger partial charge in [0.25, 0.3) is 0 Å². The fourth-order valence-corrected chi connectivity index (χ4v) is 11.0. The quantitative estimate of drug-likeness (QED) is 0.0195. The molecule has 2 unspecified atom stereocenters. The molecule has 9 heteroatoms. The molecule has 512 valence electrons. The van der Waals surface area contributed by atoms with E-state index in [0.29, 0.717) is 23.9 Å². The number of rotatable bonds is 70. The van der Waals surface area contributed by atoms with Gasteiger partial charge in [0.05, 0.1) is 40.3 Å². The van der Waals surface area contributed by atoms with Gasteiger partial charge < -0.3 is 33.3 Å². The predicted octanol–water partition coefficient (Wildman–Crippen LogP) is 22.3. The normalized spacial score (nSPS) is 13.1. The standard InChI is InChI=1S/C79H143NO8/c1-6-8-10-12-14-16-18-20-22-24-26-28-30-32-34-35-36-37-38-39-40-41-42-44-45-47-49-51-53-55-57-59-61-63-65-67-69-76(81)86-73-75(74-87-79(78(83)84)85-72-71-80(3,4)5)88-77(82)70-68-66-64-62-60-58-56-54-52-50-48-46-43-33-31-29-27-25-23-21-19-17-15-13-11-9-7-2/h9,11,15,17,21,23,27,29,33,43,48,50,75,79H,6-8,10,12-14,16,18-20,22,24-26,28,30-32,34-42,44-47,49,51-74H2,1-5H3/b11-9-,17-15-,23-21-,29-27-,43-33-,50-48-. The average molecular weight is 1240 g/mol. The number of quaternary nitrogens is 1. The maximum Gasteiger partial charge on any atom is 0.306 e. The smallest absolute Gasteiger partial charge is 0.306 e. The van der Waals surface area contributed by atoms with Crippen molar-refractivity contribution in [3.63, 3.8) is 0 Å². The number of hydrogen-bond donors (Lipinski definition) is 0. The summed E-state index contributed by atoms with van der Waals surface area (Å²) in [6.07, 6.45) is 90.1. The molecular formula is C79H143NO8. The second-order valence-electron chi connectivity index (χ2n) is 26.6. The van der Waals surface area contributed by atoms with E-state index in [1.165, 1.54) is 238 Å². The van der Waals surface area contributed by atoms with Crippen LogP contribution in [0.1, 0.15) is 354 Å². The van der Waals surface area contributed by atoms with Gasteiger partial charge >= 0.3 is 11.9 Å². The van der Waals surface area contributed by atoms with Crippen molar-refractivity contribution in [3.05, 3.63) is 72.9 Å². The van der Waals surface area contributed by atoms with E-state index < -0.39 is 24.3 Å². The third kappa shape index (κ3) is 70.2. The van der Waals surface area contributed by atoms with Crippen LogP contribution in [0.5, 0.6) is 0 Å². The van der Waals surface area contributed by atoms with Crippen molar-refractivity contribution < 1.29 is 42.9 Å². The predicted molar refractivity (Wildman–Crippen MR) is 375 cm³/mol. The van der Waals surface area contributed by atoms with Crippen LogP contribution in [0.15, 0.2) is 72.9 Å². The van der Waals surface area contributed by atoms with Gasteiger partial charge in [-0.3, -0.25) is 9.59 Å². The van der Waals surface area contributed by atoms with Gasteiger partial charge in [0.1, 0.15) is 13.2 Å². The van der Waals surface area contributed by atoms with Gasteiger partial charge in [0.15, 0.2) is 12.4 Å². The molecule has 0 fully saturated rings. The van der Waals surface area contributed by atoms with E-state index in [-0.39, 0.29) is 32.2 Å². The van der Waals surface area contributed by atoms with Crippen molar-refractivity contribution in [2.45, 2.75) is 367 Å². The molecule has 0 aromatic carbocycles. The summed E-state index contributed by atoms with van der Waals surface area (Å²) in [6.45, 7) is 4.67. The maximum absolute atomic E-state index is 12.9. The van der Waals surface area contributed by atoms with Crippen LogP contribution < -0.4 is 5.11 Å². The summed E-state index contributed by atoms with van der Waals surface area (Å²) in [5, 5.41) is 11.8. The van der Waals surface area contributed by atoms with Gasteiger partial charge in [-0.25, -0.2) is 0 Å². The van der Waals surface area contributed by atoms with Gasteiger partial charge in [-0.05, 0) is 64.2 Å². The SMILES string of the molecule is CC/C=C\C/C=C\C/C=C\C/C=C\C/C=C\C/C=C\CCCCCCCCCCC(=O)OC(COC(=O)CCCCCCCCCCCCCCCCCCCCCCCCCCCCCCCCCCCCCC)COC(OCC[N+](C)(C)C)C(=O)[O-]. The lowest BCUT2D eigenvalue weighted by Crippen LogP contribution is -2.44. The zero-order valence-electron chi connectivity index (χ0n) is 58.6. The fraction of sp³-hybridized carbons (Fsp3) is 0.810. The zero-order valence-corrected chi connectivity index (χ0v) is 58.6. The lowest BCUT2D eigenvalue weighted by molar-refractivity contribution is -0.870. The first-order chi connectivity index (χ1) is 43.1. The third-order valence-corrected chi connectivity index (χ3v) is 16.7. The highest BCUT2D eigenvalue weighted by Gasteiger charge is 2.22. The van der Waals surface area contributed by atoms with Crippen LogP contribution >= 0.6 is 0 Å². The minimum atomic E-state index is -1.63. The lowest BCUT2D eigenvalue weighted by Gasteiger charge is -2.26. The molecule has 0 aliphatic carbocycles. The molecule has 0 saturated heterocycles. The topological polar surface area (TPSA) is 111 Å². The number of hydrogen-bond acceptors (Lipinski definition) is 8. The highest BCUT2D eigenvalue weighted by atomic mass is 16.7. The van der Waals surface area contributed by atoms with Gasteiger partial charge in [-0.2, -0.15) is 0 Å². The fourth-order valence-electron chi connectivity index (χ4n) is 11.0. The van der Waals surface area contributed by atoms with Gasteiger partial charge in [0.2, 0.25) is 0 Å². The van der Waals surface area contributed by atoms with Crippen molar-refractivity contribution in [1.29, 1.82) is 0 Å². The first-order valence-electron chi connectivity index (χ1n) is 37.6. The number of unbranched alkanes of at least 4 members (excludes halogenated alkanes) is 43. The van der Waals surface area contributed by atoms with Crippen molar-refractivity contribution in [3.8, 4) is 0 Å². The number of nitrogens with zero attached hydrogens (tertiary/aromatic N) is 1. The lowest BCUT2D eigenvalue weighted by atomic mass is 10.0. The summed E-state index contributed by atoms with van der Waals surface area (Å²) in [5.74, 6) is -2.28. The van der Waals surface area contributed by atoms with E-state index in [1.807, 2.05) is 21.1 Å². The molecule has 0 aliphatic rings. The van der Waals surface area contributed by atoms with E-state index in [9.17, 15) is 19.5 Å². The Hall–Kier alpha value is -3.27. The molecular weight excluding hydrogens is 1090 g/mol. The molecule has 0 saturated carbocycles. The van der Waals surface area contributed by atoms with E-state index in [0.717, 1.165) is 83.5 Å². The molecule has 9 nitrogen and oxygen atoms in total. The number of carbonyl (C=O) groups is 3. The Kier molecular flexibility index (Phi) is 67.0. The summed E-state index contributed by atoms with van der Waals surface area (Å²) in [6, 6.07) is 0. The minimum Gasteiger partial charge on any atom is -0.545 e. The van der Waals surface area contributed by atoms with E-state index >= 15 is 0 Å². The summed E-state index contributed by atoms with van der Waals surface area (Å²) in [5.41, 5.74) is 0. The number of carboxylic acid groups (broad SMARTS) is 1. The maximum atomic E-state index is 12.9. The van der Waals surface area contributed by atoms with Gasteiger partial charge in [-0.15, -0.1) is 0 Å². The zero-order chi connectivity index (χ0) is 64.0. The van der Waals surface area contributed by atoms with Crippen LogP contribution in [-0.4, -0.2) is 82.3 Å². The second-order valence-corrected chi connectivity index (χ2v) is 26.6. The third-order valence-electron chi connectivity index (χ3n) is 16.7. The van der Waals surface area contributed by atoms with Crippen molar-refractivity contribution >= 4 is 17.9 Å². The Balaban J connectivity index is 4.03. The van der Waals surface area contributed by atoms with Crippen molar-refractivity contribution in [2.75, 3.05) is 47.5 Å². The summed E-state index contributed by atoms with van der Waals surface area (Å²) < 4.78 is 22.8. The molecule has 0 rings (SSSR count). The highest BCUT2D eigenvalue weighted by Crippen LogP contribution is 2.19. The molecule has 0 heterocycles. The van der Waals surface area contributed by atoms with Crippen LogP contribution in [0.3, 0.4) is 0 Å². The molecule has 0 aromatic rings. The second kappa shape index (κ2) is 69.6. The molecule has 0 aromatic heterocycles. The number of carbonyl (C=O) groups excluding carboxylic acids is 3. The van der Waals surface area contributed by atoms with Crippen molar-refractivity contribution in [2.24, 2.45) is 0 Å². The molecule has 0 amide bonds. The van der Waals surface area contributed by atoms with E-state index in [2.05, 4.69) is 86.8 Å². The Morgan fingerprint density at radius 1 is 0.352 bits per heavy atom. The number of likely N-dealkylation sites (N-methyl/N-ethyl adjacent to an activating group) is 1. The largest absolute Gasteiger partial charge is 0.545 e. The summed E-state index contributed by atoms with van der Waals surface area (Å²) >= 11 is 0. The average Bonchev–Trinajstić information content (AvgIpc) is 3.54. The molecule has 0 bridgehead atoms. The number of esters is 2. The molecule has 0 spiro atoms.